The highest BCUT2D eigenvalue weighted by molar-refractivity contribution is 7.89. The van der Waals surface area contributed by atoms with E-state index >= 15 is 0 Å². The fourth-order valence-corrected chi connectivity index (χ4v) is 3.61. The van der Waals surface area contributed by atoms with Gasteiger partial charge in [-0.25, -0.2) is 22.9 Å². The molecule has 0 aliphatic heterocycles. The van der Waals surface area contributed by atoms with Crippen molar-refractivity contribution in [3.63, 3.8) is 0 Å². The number of methoxy groups -OCH3 is 1. The van der Waals surface area contributed by atoms with E-state index in [1.165, 1.54) is 18.2 Å². The summed E-state index contributed by atoms with van der Waals surface area (Å²) >= 11 is 0. The molecule has 2 aromatic carbocycles. The van der Waals surface area contributed by atoms with Crippen LogP contribution in [0.5, 0.6) is 0 Å². The number of sulfonamides is 1. The average molecular weight is 457 g/mol. The van der Waals surface area contributed by atoms with Gasteiger partial charge in [-0.05, 0) is 36.4 Å². The Balaban J connectivity index is 1.56. The molecule has 0 saturated heterocycles. The third-order valence-corrected chi connectivity index (χ3v) is 5.49. The molecule has 0 atom stereocenters. The molecule has 0 radical (unpaired) electrons. The topological polar surface area (TPSA) is 137 Å². The van der Waals surface area contributed by atoms with Gasteiger partial charge in [0.15, 0.2) is 11.6 Å². The second kappa shape index (κ2) is 8.86. The molecule has 0 unspecified atom stereocenters. The summed E-state index contributed by atoms with van der Waals surface area (Å²) in [6, 6.07) is 11.3. The van der Waals surface area contributed by atoms with Crippen molar-refractivity contribution in [1.29, 1.82) is 0 Å². The van der Waals surface area contributed by atoms with Gasteiger partial charge in [0.1, 0.15) is 0 Å². The first kappa shape index (κ1) is 21.6. The molecule has 0 fully saturated rings. The first-order valence-electron chi connectivity index (χ1n) is 9.47. The average Bonchev–Trinajstić information content (AvgIpc) is 3.16. The van der Waals surface area contributed by atoms with E-state index in [1.54, 1.807) is 25.4 Å². The van der Waals surface area contributed by atoms with Crippen molar-refractivity contribution < 1.29 is 17.5 Å². The standard InChI is InChI=1S/C20H20FN7O3S/c1-31-8-7-28-18-6-5-15(9-13(18)11-24-28)25-19-17(21)12-23-20(27-19)26-14-3-2-4-16(10-14)32(22,29)30/h2-6,9-12H,7-8H2,1H3,(H2,22,29,30)(H2,23,25,26,27). The number of nitrogens with two attached hydrogens (primary N) is 1. The van der Waals surface area contributed by atoms with Crippen molar-refractivity contribution in [2.24, 2.45) is 5.14 Å². The summed E-state index contributed by atoms with van der Waals surface area (Å²) in [5.74, 6) is -0.616. The molecule has 0 spiro atoms. The van der Waals surface area contributed by atoms with Gasteiger partial charge >= 0.3 is 0 Å². The fourth-order valence-electron chi connectivity index (χ4n) is 3.05. The van der Waals surface area contributed by atoms with Crippen molar-refractivity contribution in [3.05, 3.63) is 60.7 Å². The lowest BCUT2D eigenvalue weighted by Gasteiger charge is -2.10. The van der Waals surface area contributed by atoms with Crippen molar-refractivity contribution in [2.75, 3.05) is 24.4 Å². The normalized spacial score (nSPS) is 11.6. The quantitative estimate of drug-likeness (QED) is 0.367. The zero-order chi connectivity index (χ0) is 22.7. The largest absolute Gasteiger partial charge is 0.383 e. The van der Waals surface area contributed by atoms with Crippen LogP contribution in [-0.2, 0) is 21.3 Å². The lowest BCUT2D eigenvalue weighted by atomic mass is 10.2. The van der Waals surface area contributed by atoms with Crippen molar-refractivity contribution in [2.45, 2.75) is 11.4 Å². The van der Waals surface area contributed by atoms with E-state index in [0.29, 0.717) is 24.5 Å². The summed E-state index contributed by atoms with van der Waals surface area (Å²) in [6.45, 7) is 1.16. The molecule has 32 heavy (non-hydrogen) atoms. The predicted octanol–water partition coefficient (Wildman–Crippen LogP) is 2.75. The van der Waals surface area contributed by atoms with Gasteiger partial charge in [0.25, 0.3) is 0 Å². The van der Waals surface area contributed by atoms with E-state index < -0.39 is 15.8 Å². The van der Waals surface area contributed by atoms with E-state index in [0.717, 1.165) is 17.1 Å². The Hall–Kier alpha value is -3.61. The van der Waals surface area contributed by atoms with Gasteiger partial charge < -0.3 is 15.4 Å². The highest BCUT2D eigenvalue weighted by atomic mass is 32.2. The number of benzene rings is 2. The second-order valence-corrected chi connectivity index (χ2v) is 8.41. The maximum Gasteiger partial charge on any atom is 0.238 e. The molecule has 0 saturated carbocycles. The van der Waals surface area contributed by atoms with Crippen LogP contribution in [0, 0.1) is 5.82 Å². The molecule has 12 heteroatoms. The highest BCUT2D eigenvalue weighted by Crippen LogP contribution is 2.24. The lowest BCUT2D eigenvalue weighted by molar-refractivity contribution is 0.185. The van der Waals surface area contributed by atoms with Crippen LogP contribution in [0.1, 0.15) is 0 Å². The Kier molecular flexibility index (Phi) is 5.99. The maximum atomic E-state index is 14.3. The number of anilines is 4. The Bertz CT molecular complexity index is 1370. The van der Waals surface area contributed by atoms with E-state index in [4.69, 9.17) is 9.88 Å². The number of hydrogen-bond acceptors (Lipinski definition) is 8. The molecule has 0 amide bonds. The van der Waals surface area contributed by atoms with Crippen LogP contribution >= 0.6 is 0 Å². The summed E-state index contributed by atoms with van der Waals surface area (Å²) < 4.78 is 44.3. The van der Waals surface area contributed by atoms with Gasteiger partial charge in [-0.3, -0.25) is 4.68 Å². The van der Waals surface area contributed by atoms with Gasteiger partial charge in [0.05, 0.1) is 36.0 Å². The van der Waals surface area contributed by atoms with Crippen LogP contribution in [-0.4, -0.2) is 41.9 Å². The first-order chi connectivity index (χ1) is 15.3. The van der Waals surface area contributed by atoms with Crippen LogP contribution in [0.3, 0.4) is 0 Å². The molecule has 4 N–H and O–H groups in total. The van der Waals surface area contributed by atoms with Crippen molar-refractivity contribution in [3.8, 4) is 0 Å². The Labute approximate surface area is 183 Å². The molecule has 0 aliphatic rings. The zero-order valence-corrected chi connectivity index (χ0v) is 17.8. The summed E-state index contributed by atoms with van der Waals surface area (Å²) in [5, 5.41) is 16.1. The summed E-state index contributed by atoms with van der Waals surface area (Å²) in [5.41, 5.74) is 1.93. The maximum absolute atomic E-state index is 14.3. The van der Waals surface area contributed by atoms with E-state index in [-0.39, 0.29) is 16.7 Å². The number of halogens is 1. The van der Waals surface area contributed by atoms with Gasteiger partial charge in [0.2, 0.25) is 16.0 Å². The van der Waals surface area contributed by atoms with Gasteiger partial charge in [-0.1, -0.05) is 6.07 Å². The Morgan fingerprint density at radius 2 is 1.94 bits per heavy atom. The Morgan fingerprint density at radius 1 is 1.12 bits per heavy atom. The zero-order valence-electron chi connectivity index (χ0n) is 17.0. The molecule has 4 aromatic rings. The minimum atomic E-state index is -3.86. The molecule has 2 aromatic heterocycles. The molecule has 0 bridgehead atoms. The van der Waals surface area contributed by atoms with Crippen LogP contribution in [0.2, 0.25) is 0 Å². The van der Waals surface area contributed by atoms with Gasteiger partial charge in [-0.15, -0.1) is 0 Å². The third kappa shape index (κ3) is 4.82. The molecular formula is C20H20FN7O3S. The first-order valence-corrected chi connectivity index (χ1v) is 11.0. The smallest absolute Gasteiger partial charge is 0.238 e. The number of rotatable bonds is 8. The monoisotopic (exact) mass is 457 g/mol. The third-order valence-electron chi connectivity index (χ3n) is 4.57. The van der Waals surface area contributed by atoms with E-state index in [1.807, 2.05) is 16.8 Å². The molecular weight excluding hydrogens is 437 g/mol. The number of nitrogens with zero attached hydrogens (tertiary/aromatic N) is 4. The number of hydrogen-bond donors (Lipinski definition) is 3. The molecule has 10 nitrogen and oxygen atoms in total. The van der Waals surface area contributed by atoms with E-state index in [2.05, 4.69) is 25.7 Å². The molecule has 0 aliphatic carbocycles. The summed E-state index contributed by atoms with van der Waals surface area (Å²) in [4.78, 5) is 7.99. The Morgan fingerprint density at radius 3 is 2.72 bits per heavy atom. The summed E-state index contributed by atoms with van der Waals surface area (Å²) in [7, 11) is -2.23. The second-order valence-electron chi connectivity index (χ2n) is 6.85. The number of ether oxygens (including phenoxy) is 1. The van der Waals surface area contributed by atoms with Gasteiger partial charge in [0, 0.05) is 23.9 Å². The number of aromatic nitrogens is 4. The van der Waals surface area contributed by atoms with Crippen LogP contribution in [0.4, 0.5) is 27.5 Å². The predicted molar refractivity (Wildman–Crippen MR) is 118 cm³/mol. The van der Waals surface area contributed by atoms with E-state index in [9.17, 15) is 12.8 Å². The molecule has 166 valence electrons. The summed E-state index contributed by atoms with van der Waals surface area (Å²) in [6.07, 6.45) is 2.74. The number of nitrogens with one attached hydrogen (secondary N) is 2. The fraction of sp³-hybridized carbons (Fsp3) is 0.150. The minimum Gasteiger partial charge on any atom is -0.383 e. The highest BCUT2D eigenvalue weighted by Gasteiger charge is 2.12. The SMILES string of the molecule is COCCn1ncc2cc(Nc3nc(Nc4cccc(S(N)(=O)=O)c4)ncc3F)ccc21. The van der Waals surface area contributed by atoms with Crippen LogP contribution < -0.4 is 15.8 Å². The minimum absolute atomic E-state index is 0.0452. The van der Waals surface area contributed by atoms with Crippen LogP contribution in [0.15, 0.2) is 59.8 Å². The molecule has 4 rings (SSSR count). The molecule has 2 heterocycles. The number of primary sulfonamides is 1. The number of fused-ring (bicyclic) bond motifs is 1. The van der Waals surface area contributed by atoms with Gasteiger partial charge in [-0.2, -0.15) is 10.1 Å². The van der Waals surface area contributed by atoms with Crippen molar-refractivity contribution >= 4 is 44.1 Å². The van der Waals surface area contributed by atoms with Crippen molar-refractivity contribution in [1.82, 2.24) is 19.7 Å². The lowest BCUT2D eigenvalue weighted by Crippen LogP contribution is -2.12. The van der Waals surface area contributed by atoms with Crippen LogP contribution in [0.25, 0.3) is 10.9 Å².